The highest BCUT2D eigenvalue weighted by Crippen LogP contribution is 2.40. The van der Waals surface area contributed by atoms with Crippen molar-refractivity contribution in [1.82, 2.24) is 9.80 Å². The van der Waals surface area contributed by atoms with Gasteiger partial charge in [-0.3, -0.25) is 14.5 Å². The molecule has 7 nitrogen and oxygen atoms in total. The minimum absolute atomic E-state index is 0.0712. The molecule has 8 heteroatoms. The zero-order valence-corrected chi connectivity index (χ0v) is 20.0. The number of hydrogen-bond donors (Lipinski definition) is 1. The summed E-state index contributed by atoms with van der Waals surface area (Å²) in [6.07, 6.45) is 0.860. The summed E-state index contributed by atoms with van der Waals surface area (Å²) in [5.74, 6) is -0.869. The van der Waals surface area contributed by atoms with Crippen LogP contribution in [0, 0.1) is 0 Å². The molecule has 0 aromatic heterocycles. The predicted molar refractivity (Wildman–Crippen MR) is 130 cm³/mol. The summed E-state index contributed by atoms with van der Waals surface area (Å²) in [6, 6.07) is 13.2. The molecule has 2 aliphatic heterocycles. The van der Waals surface area contributed by atoms with Crippen LogP contribution < -0.4 is 4.74 Å². The van der Waals surface area contributed by atoms with E-state index in [-0.39, 0.29) is 11.3 Å². The van der Waals surface area contributed by atoms with Crippen LogP contribution in [0.15, 0.2) is 54.1 Å². The SMILES string of the molecule is CCCOc1cccc(C2/C(=C(/O)c3ccc(Cl)cc3)C(=O)C(=O)N2CCN2CCOCC2)c1. The smallest absolute Gasteiger partial charge is 0.295 e. The quantitative estimate of drug-likeness (QED) is 0.348. The highest BCUT2D eigenvalue weighted by Gasteiger charge is 2.46. The number of amides is 1. The van der Waals surface area contributed by atoms with Crippen molar-refractivity contribution in [2.24, 2.45) is 0 Å². The molecule has 0 spiro atoms. The maximum atomic E-state index is 13.2. The van der Waals surface area contributed by atoms with E-state index in [0.717, 1.165) is 19.5 Å². The molecule has 2 aromatic rings. The molecule has 34 heavy (non-hydrogen) atoms. The van der Waals surface area contributed by atoms with Crippen molar-refractivity contribution in [3.05, 3.63) is 70.3 Å². The summed E-state index contributed by atoms with van der Waals surface area (Å²) >= 11 is 6.00. The van der Waals surface area contributed by atoms with Crippen LogP contribution in [0.25, 0.3) is 5.76 Å². The summed E-state index contributed by atoms with van der Waals surface area (Å²) in [5.41, 5.74) is 1.21. The van der Waals surface area contributed by atoms with E-state index in [9.17, 15) is 14.7 Å². The van der Waals surface area contributed by atoms with Crippen LogP contribution in [0.1, 0.15) is 30.5 Å². The standard InChI is InChI=1S/C26H29ClN2O5/c1-2-14-34-21-5-3-4-19(17-21)23-22(24(30)18-6-8-20(27)9-7-18)25(31)26(32)29(23)11-10-28-12-15-33-16-13-28/h3-9,17,23,30H,2,10-16H2,1H3/b24-22-. The molecular weight excluding hydrogens is 456 g/mol. The van der Waals surface area contributed by atoms with Gasteiger partial charge >= 0.3 is 0 Å². The summed E-state index contributed by atoms with van der Waals surface area (Å²) < 4.78 is 11.2. The number of nitrogens with zero attached hydrogens (tertiary/aromatic N) is 2. The van der Waals surface area contributed by atoms with Gasteiger partial charge in [-0.25, -0.2) is 0 Å². The molecular formula is C26H29ClN2O5. The third kappa shape index (κ3) is 5.27. The van der Waals surface area contributed by atoms with Gasteiger partial charge < -0.3 is 19.5 Å². The zero-order chi connectivity index (χ0) is 24.1. The number of halogens is 1. The van der Waals surface area contributed by atoms with Crippen LogP contribution in [-0.2, 0) is 14.3 Å². The summed E-state index contributed by atoms with van der Waals surface area (Å²) in [5, 5.41) is 11.7. The number of aliphatic hydroxyl groups is 1. The largest absolute Gasteiger partial charge is 0.507 e. The molecule has 2 fully saturated rings. The maximum Gasteiger partial charge on any atom is 0.295 e. The number of aliphatic hydroxyl groups excluding tert-OH is 1. The molecule has 2 saturated heterocycles. The Hall–Kier alpha value is -2.87. The normalized spacial score (nSPS) is 20.6. The predicted octanol–water partition coefficient (Wildman–Crippen LogP) is 3.88. The minimum Gasteiger partial charge on any atom is -0.507 e. The molecule has 1 amide bonds. The van der Waals surface area contributed by atoms with Gasteiger partial charge in [-0.15, -0.1) is 0 Å². The lowest BCUT2D eigenvalue weighted by Crippen LogP contribution is -2.42. The Morgan fingerprint density at radius 2 is 1.85 bits per heavy atom. The Labute approximate surface area is 204 Å². The number of benzene rings is 2. The first kappa shape index (κ1) is 24.3. The van der Waals surface area contributed by atoms with Gasteiger partial charge in [-0.2, -0.15) is 0 Å². The lowest BCUT2D eigenvalue weighted by Gasteiger charge is -2.31. The van der Waals surface area contributed by atoms with Crippen molar-refractivity contribution < 1.29 is 24.2 Å². The van der Waals surface area contributed by atoms with Crippen molar-refractivity contribution in [3.8, 4) is 5.75 Å². The van der Waals surface area contributed by atoms with Crippen molar-refractivity contribution in [3.63, 3.8) is 0 Å². The second-order valence-electron chi connectivity index (χ2n) is 8.37. The van der Waals surface area contributed by atoms with Crippen molar-refractivity contribution >= 4 is 29.1 Å². The number of ether oxygens (including phenoxy) is 2. The van der Waals surface area contributed by atoms with E-state index in [2.05, 4.69) is 4.90 Å². The van der Waals surface area contributed by atoms with Crippen molar-refractivity contribution in [2.45, 2.75) is 19.4 Å². The number of carbonyl (C=O) groups excluding carboxylic acids is 2. The third-order valence-corrected chi connectivity index (χ3v) is 6.32. The van der Waals surface area contributed by atoms with Gasteiger partial charge in [0.25, 0.3) is 11.7 Å². The van der Waals surface area contributed by atoms with E-state index in [4.69, 9.17) is 21.1 Å². The Bertz CT molecular complexity index is 1060. The van der Waals surface area contributed by atoms with E-state index in [1.54, 1.807) is 29.2 Å². The van der Waals surface area contributed by atoms with Gasteiger partial charge in [-0.1, -0.05) is 30.7 Å². The van der Waals surface area contributed by atoms with Crippen molar-refractivity contribution in [1.29, 1.82) is 0 Å². The molecule has 2 aliphatic rings. The summed E-state index contributed by atoms with van der Waals surface area (Å²) in [7, 11) is 0. The van der Waals surface area contributed by atoms with Gasteiger partial charge in [0, 0.05) is 36.8 Å². The maximum absolute atomic E-state index is 13.2. The molecule has 1 atom stereocenters. The first-order valence-electron chi connectivity index (χ1n) is 11.6. The van der Waals surface area contributed by atoms with Crippen LogP contribution in [0.4, 0.5) is 0 Å². The van der Waals surface area contributed by atoms with E-state index in [0.29, 0.717) is 54.8 Å². The number of carbonyl (C=O) groups is 2. The highest BCUT2D eigenvalue weighted by molar-refractivity contribution is 6.46. The van der Waals surface area contributed by atoms with Crippen LogP contribution in [0.3, 0.4) is 0 Å². The fourth-order valence-corrected chi connectivity index (χ4v) is 4.41. The number of Topliss-reactive ketones (excluding diaryl/α,β-unsaturated/α-hetero) is 1. The number of morpholine rings is 1. The van der Waals surface area contributed by atoms with Gasteiger partial charge in [0.2, 0.25) is 0 Å². The molecule has 2 heterocycles. The third-order valence-electron chi connectivity index (χ3n) is 6.07. The monoisotopic (exact) mass is 484 g/mol. The fraction of sp³-hybridized carbons (Fsp3) is 0.385. The van der Waals surface area contributed by atoms with Crippen molar-refractivity contribution in [2.75, 3.05) is 46.0 Å². The van der Waals surface area contributed by atoms with Crippen LogP contribution in [-0.4, -0.2) is 72.6 Å². The first-order valence-corrected chi connectivity index (χ1v) is 11.9. The van der Waals surface area contributed by atoms with E-state index in [1.807, 2.05) is 31.2 Å². The number of hydrogen-bond acceptors (Lipinski definition) is 6. The molecule has 0 bridgehead atoms. The van der Waals surface area contributed by atoms with Gasteiger partial charge in [0.1, 0.15) is 11.5 Å². The average molecular weight is 485 g/mol. The summed E-state index contributed by atoms with van der Waals surface area (Å²) in [4.78, 5) is 30.1. The summed E-state index contributed by atoms with van der Waals surface area (Å²) in [6.45, 7) is 6.40. The van der Waals surface area contributed by atoms with Crippen LogP contribution in [0.5, 0.6) is 5.75 Å². The molecule has 0 saturated carbocycles. The Kier molecular flexibility index (Phi) is 7.88. The topological polar surface area (TPSA) is 79.3 Å². The Morgan fingerprint density at radius 3 is 2.56 bits per heavy atom. The van der Waals surface area contributed by atoms with Gasteiger partial charge in [0.05, 0.1) is 31.4 Å². The zero-order valence-electron chi connectivity index (χ0n) is 19.2. The number of likely N-dealkylation sites (tertiary alicyclic amines) is 1. The first-order chi connectivity index (χ1) is 16.5. The average Bonchev–Trinajstić information content (AvgIpc) is 3.12. The lowest BCUT2D eigenvalue weighted by atomic mass is 9.95. The molecule has 180 valence electrons. The molecule has 0 aliphatic carbocycles. The number of rotatable bonds is 8. The molecule has 1 N–H and O–H groups in total. The number of ketones is 1. The molecule has 2 aromatic carbocycles. The minimum atomic E-state index is -0.720. The van der Waals surface area contributed by atoms with Gasteiger partial charge in [-0.05, 0) is 48.4 Å². The second-order valence-corrected chi connectivity index (χ2v) is 8.81. The van der Waals surface area contributed by atoms with Gasteiger partial charge in [0.15, 0.2) is 0 Å². The van der Waals surface area contributed by atoms with E-state index >= 15 is 0 Å². The van der Waals surface area contributed by atoms with E-state index in [1.165, 1.54) is 0 Å². The van der Waals surface area contributed by atoms with Crippen LogP contribution in [0.2, 0.25) is 5.02 Å². The molecule has 0 radical (unpaired) electrons. The Balaban J connectivity index is 1.73. The second kappa shape index (κ2) is 11.0. The highest BCUT2D eigenvalue weighted by atomic mass is 35.5. The van der Waals surface area contributed by atoms with Crippen LogP contribution >= 0.6 is 11.6 Å². The lowest BCUT2D eigenvalue weighted by molar-refractivity contribution is -0.140. The molecule has 1 unspecified atom stereocenters. The van der Waals surface area contributed by atoms with E-state index < -0.39 is 17.7 Å². The Morgan fingerprint density at radius 1 is 1.12 bits per heavy atom. The fourth-order valence-electron chi connectivity index (χ4n) is 4.29. The molecule has 4 rings (SSSR count).